The normalized spacial score (nSPS) is 12.5. The van der Waals surface area contributed by atoms with Gasteiger partial charge in [0.05, 0.1) is 33.8 Å². The van der Waals surface area contributed by atoms with Gasteiger partial charge < -0.3 is 5.32 Å². The molecule has 1 aliphatic carbocycles. The minimum atomic E-state index is -0.428. The number of aliphatic imine (C=N–C) groups is 1. The summed E-state index contributed by atoms with van der Waals surface area (Å²) in [6.45, 7) is 0. The van der Waals surface area contributed by atoms with E-state index in [0.29, 0.717) is 31.9 Å². The van der Waals surface area contributed by atoms with Crippen molar-refractivity contribution in [1.29, 1.82) is 0 Å². The molecule has 236 valence electrons. The van der Waals surface area contributed by atoms with E-state index in [-0.39, 0.29) is 11.6 Å². The lowest BCUT2D eigenvalue weighted by molar-refractivity contribution is -0.384. The Morgan fingerprint density at radius 1 is 0.896 bits per heavy atom. The number of hydrogen-bond acceptors (Lipinski definition) is 9. The number of nitrogens with one attached hydrogen (secondary N) is 1. The van der Waals surface area contributed by atoms with E-state index < -0.39 is 4.92 Å². The second-order valence-electron chi connectivity index (χ2n) is 11.1. The predicted molar refractivity (Wildman–Crippen MR) is 191 cm³/mol. The van der Waals surface area contributed by atoms with E-state index in [4.69, 9.17) is 15.0 Å². The Balaban J connectivity index is 1.28. The average molecular weight is 669 g/mol. The van der Waals surface area contributed by atoms with Crippen molar-refractivity contribution in [2.75, 3.05) is 5.32 Å². The van der Waals surface area contributed by atoms with Crippen LogP contribution in [-0.2, 0) is 12.8 Å². The summed E-state index contributed by atoms with van der Waals surface area (Å²) in [5, 5.41) is 15.8. The molecule has 3 aromatic heterocycles. The molecule has 11 heteroatoms. The highest BCUT2D eigenvalue weighted by Gasteiger charge is 2.25. The third-order valence-electron chi connectivity index (χ3n) is 7.87. The molecule has 3 aromatic carbocycles. The van der Waals surface area contributed by atoms with E-state index >= 15 is 0 Å². The first-order valence-electron chi connectivity index (χ1n) is 15.4. The smallest absolute Gasteiger partial charge is 0.270 e. The number of benzene rings is 3. The standard InChI is InChI=1S/C37H28N6O3S2/c44-35(40-27-14-9-19-38-23-27)34-29-15-7-8-16-33(29)47-36(34)39-22-26-20-28(43(45)46)17-18-32(26)48-37-41-30(24-10-3-1-4-11-24)21-31(42-37)25-12-5-2-6-13-25/h1-6,9-14,17-23H,7-8,15-16H2,(H,40,44). The van der Waals surface area contributed by atoms with Gasteiger partial charge in [-0.3, -0.25) is 19.9 Å². The fourth-order valence-electron chi connectivity index (χ4n) is 5.56. The van der Waals surface area contributed by atoms with E-state index in [2.05, 4.69) is 10.3 Å². The first kappa shape index (κ1) is 31.1. The number of aromatic nitrogens is 3. The Hall–Kier alpha value is -5.52. The number of thiophene rings is 1. The lowest BCUT2D eigenvalue weighted by Gasteiger charge is -2.12. The largest absolute Gasteiger partial charge is 0.320 e. The zero-order chi connectivity index (χ0) is 32.9. The first-order chi connectivity index (χ1) is 23.5. The highest BCUT2D eigenvalue weighted by Crippen LogP contribution is 2.41. The van der Waals surface area contributed by atoms with Gasteiger partial charge in [-0.15, -0.1) is 11.3 Å². The van der Waals surface area contributed by atoms with Gasteiger partial charge in [0.2, 0.25) is 0 Å². The number of rotatable bonds is 9. The molecule has 3 heterocycles. The number of anilines is 1. The summed E-state index contributed by atoms with van der Waals surface area (Å²) >= 11 is 2.81. The number of hydrogen-bond donors (Lipinski definition) is 1. The van der Waals surface area contributed by atoms with Gasteiger partial charge in [-0.1, -0.05) is 60.7 Å². The van der Waals surface area contributed by atoms with Crippen LogP contribution in [0.5, 0.6) is 0 Å². The molecule has 0 spiro atoms. The van der Waals surface area contributed by atoms with Gasteiger partial charge >= 0.3 is 0 Å². The molecule has 0 aliphatic heterocycles. The van der Waals surface area contributed by atoms with Crippen LogP contribution in [0.4, 0.5) is 16.4 Å². The molecule has 0 bridgehead atoms. The number of carbonyl (C=O) groups is 1. The van der Waals surface area contributed by atoms with Gasteiger partial charge in [-0.05, 0) is 67.3 Å². The number of carbonyl (C=O) groups excluding carboxylic acids is 1. The second-order valence-corrected chi connectivity index (χ2v) is 13.2. The molecule has 0 saturated carbocycles. The molecule has 9 nitrogen and oxygen atoms in total. The van der Waals surface area contributed by atoms with Crippen LogP contribution in [0.3, 0.4) is 0 Å². The lowest BCUT2D eigenvalue weighted by Crippen LogP contribution is -2.15. The zero-order valence-corrected chi connectivity index (χ0v) is 27.2. The number of nitro benzene ring substituents is 1. The monoisotopic (exact) mass is 668 g/mol. The molecule has 1 aliphatic rings. The molecule has 7 rings (SSSR count). The van der Waals surface area contributed by atoms with E-state index in [1.54, 1.807) is 36.8 Å². The molecule has 0 radical (unpaired) electrons. The average Bonchev–Trinajstić information content (AvgIpc) is 3.51. The van der Waals surface area contributed by atoms with Crippen LogP contribution >= 0.6 is 23.1 Å². The highest BCUT2D eigenvalue weighted by atomic mass is 32.2. The minimum Gasteiger partial charge on any atom is -0.320 e. The van der Waals surface area contributed by atoms with Crippen LogP contribution in [0.1, 0.15) is 39.2 Å². The van der Waals surface area contributed by atoms with Crippen LogP contribution in [0.2, 0.25) is 0 Å². The van der Waals surface area contributed by atoms with E-state index in [0.717, 1.165) is 58.6 Å². The Labute approximate surface area is 285 Å². The molecule has 1 N–H and O–H groups in total. The summed E-state index contributed by atoms with van der Waals surface area (Å²) in [6.07, 6.45) is 8.60. The number of nitro groups is 1. The molecule has 0 unspecified atom stereocenters. The Kier molecular flexibility index (Phi) is 9.12. The van der Waals surface area contributed by atoms with Crippen molar-refractivity contribution in [2.24, 2.45) is 4.99 Å². The maximum atomic E-state index is 13.6. The number of pyridine rings is 1. The number of fused-ring (bicyclic) bond motifs is 1. The van der Waals surface area contributed by atoms with Gasteiger partial charge in [0.25, 0.3) is 11.6 Å². The summed E-state index contributed by atoms with van der Waals surface area (Å²) in [5.41, 5.74) is 6.03. The van der Waals surface area contributed by atoms with Crippen LogP contribution in [0.25, 0.3) is 22.5 Å². The number of aryl methyl sites for hydroxylation is 1. The number of nitrogens with zero attached hydrogens (tertiary/aromatic N) is 5. The third-order valence-corrected chi connectivity index (χ3v) is 10.0. The molecule has 1 amide bonds. The van der Waals surface area contributed by atoms with E-state index in [1.165, 1.54) is 35.2 Å². The quantitative estimate of drug-likeness (QED) is 0.0705. The third kappa shape index (κ3) is 6.92. The van der Waals surface area contributed by atoms with Crippen LogP contribution in [-0.4, -0.2) is 32.0 Å². The number of non-ortho nitro benzene ring substituents is 1. The van der Waals surface area contributed by atoms with Gasteiger partial charge in [-0.25, -0.2) is 15.0 Å². The number of amides is 1. The van der Waals surface area contributed by atoms with Crippen molar-refractivity contribution in [3.05, 3.63) is 141 Å². The zero-order valence-electron chi connectivity index (χ0n) is 25.6. The van der Waals surface area contributed by atoms with Gasteiger partial charge in [0, 0.05) is 51.0 Å². The van der Waals surface area contributed by atoms with Gasteiger partial charge in [-0.2, -0.15) is 0 Å². The topological polar surface area (TPSA) is 123 Å². The maximum Gasteiger partial charge on any atom is 0.270 e. The second kappa shape index (κ2) is 14.1. The van der Waals surface area contributed by atoms with Gasteiger partial charge in [0.15, 0.2) is 5.16 Å². The van der Waals surface area contributed by atoms with Crippen LogP contribution in [0, 0.1) is 10.1 Å². The van der Waals surface area contributed by atoms with Crippen LogP contribution < -0.4 is 5.32 Å². The fourth-order valence-corrected chi connectivity index (χ4v) is 7.64. The van der Waals surface area contributed by atoms with Crippen molar-refractivity contribution in [3.8, 4) is 22.5 Å². The summed E-state index contributed by atoms with van der Waals surface area (Å²) in [7, 11) is 0. The van der Waals surface area contributed by atoms with Crippen molar-refractivity contribution in [1.82, 2.24) is 15.0 Å². The Morgan fingerprint density at radius 2 is 1.60 bits per heavy atom. The van der Waals surface area contributed by atoms with Crippen LogP contribution in [0.15, 0.2) is 124 Å². The first-order valence-corrected chi connectivity index (χ1v) is 17.0. The molecule has 6 aromatic rings. The van der Waals surface area contributed by atoms with Crippen molar-refractivity contribution >= 4 is 51.6 Å². The molecule has 0 atom stereocenters. The maximum absolute atomic E-state index is 13.6. The fraction of sp³-hybridized carbons (Fsp3) is 0.108. The van der Waals surface area contributed by atoms with Crippen molar-refractivity contribution in [3.63, 3.8) is 0 Å². The summed E-state index contributed by atoms with van der Waals surface area (Å²) in [6, 6.07) is 29.9. The molecular weight excluding hydrogens is 641 g/mol. The lowest BCUT2D eigenvalue weighted by atomic mass is 9.95. The predicted octanol–water partition coefficient (Wildman–Crippen LogP) is 9.21. The molecular formula is C37H28N6O3S2. The van der Waals surface area contributed by atoms with Crippen molar-refractivity contribution < 1.29 is 9.72 Å². The Morgan fingerprint density at radius 3 is 2.27 bits per heavy atom. The SMILES string of the molecule is O=C(Nc1cccnc1)c1c(N=Cc2cc([N+](=O)[O-])ccc2Sc2nc(-c3ccccc3)cc(-c3ccccc3)n2)sc2c1CCCC2. The van der Waals surface area contributed by atoms with E-state index in [1.807, 2.05) is 66.7 Å². The summed E-state index contributed by atoms with van der Waals surface area (Å²) in [4.78, 5) is 45.5. The minimum absolute atomic E-state index is 0.0650. The van der Waals surface area contributed by atoms with E-state index in [9.17, 15) is 14.9 Å². The molecule has 0 fully saturated rings. The van der Waals surface area contributed by atoms with Crippen molar-refractivity contribution in [2.45, 2.75) is 35.7 Å². The summed E-state index contributed by atoms with van der Waals surface area (Å²) in [5.74, 6) is -0.247. The van der Waals surface area contributed by atoms with Gasteiger partial charge in [0.1, 0.15) is 5.00 Å². The Bertz CT molecular complexity index is 2080. The summed E-state index contributed by atoms with van der Waals surface area (Å²) < 4.78 is 0. The highest BCUT2D eigenvalue weighted by molar-refractivity contribution is 7.99. The molecule has 48 heavy (non-hydrogen) atoms. The molecule has 0 saturated heterocycles.